The molecule has 1 aliphatic heterocycles. The standard InChI is InChI=1S/C19H25N3O2/c1-14-5-7-16(8-6-14)17-11-18(24-21-17)19(23)20-12-15(2)13-22-9-3-4-10-22/h5-8,11,15H,3-4,9-10,12-13H2,1-2H3,(H,20,23). The van der Waals surface area contributed by atoms with Crippen molar-refractivity contribution in [2.24, 2.45) is 5.92 Å². The van der Waals surface area contributed by atoms with Crippen LogP contribution in [0, 0.1) is 12.8 Å². The third-order valence-corrected chi connectivity index (χ3v) is 4.46. The van der Waals surface area contributed by atoms with Crippen molar-refractivity contribution in [1.29, 1.82) is 0 Å². The van der Waals surface area contributed by atoms with Crippen molar-refractivity contribution < 1.29 is 9.32 Å². The molecule has 5 heteroatoms. The summed E-state index contributed by atoms with van der Waals surface area (Å²) in [6.07, 6.45) is 2.58. The summed E-state index contributed by atoms with van der Waals surface area (Å²) >= 11 is 0. The Kier molecular flexibility index (Phi) is 5.30. The van der Waals surface area contributed by atoms with Crippen LogP contribution < -0.4 is 5.32 Å². The second-order valence-electron chi connectivity index (χ2n) is 6.77. The van der Waals surface area contributed by atoms with Gasteiger partial charge in [-0.1, -0.05) is 41.9 Å². The van der Waals surface area contributed by atoms with E-state index in [0.29, 0.717) is 18.2 Å². The van der Waals surface area contributed by atoms with Gasteiger partial charge in [0.2, 0.25) is 5.76 Å². The molecule has 0 spiro atoms. The van der Waals surface area contributed by atoms with Gasteiger partial charge in [0, 0.05) is 24.7 Å². The average molecular weight is 327 g/mol. The van der Waals surface area contributed by atoms with Crippen LogP contribution in [0.4, 0.5) is 0 Å². The van der Waals surface area contributed by atoms with Crippen molar-refractivity contribution in [3.8, 4) is 11.3 Å². The van der Waals surface area contributed by atoms with E-state index in [1.165, 1.54) is 31.5 Å². The molecule has 1 unspecified atom stereocenters. The lowest BCUT2D eigenvalue weighted by molar-refractivity contribution is 0.0908. The Morgan fingerprint density at radius 2 is 2.00 bits per heavy atom. The summed E-state index contributed by atoms with van der Waals surface area (Å²) in [5.41, 5.74) is 2.82. The maximum Gasteiger partial charge on any atom is 0.289 e. The quantitative estimate of drug-likeness (QED) is 0.886. The van der Waals surface area contributed by atoms with Gasteiger partial charge in [-0.15, -0.1) is 0 Å². The van der Waals surface area contributed by atoms with E-state index in [9.17, 15) is 4.79 Å². The number of hydrogen-bond donors (Lipinski definition) is 1. The molecule has 1 aromatic heterocycles. The first-order valence-corrected chi connectivity index (χ1v) is 8.66. The second kappa shape index (κ2) is 7.62. The van der Waals surface area contributed by atoms with Crippen LogP contribution in [0.15, 0.2) is 34.9 Å². The first-order chi connectivity index (χ1) is 11.6. The highest BCUT2D eigenvalue weighted by Gasteiger charge is 2.17. The minimum Gasteiger partial charge on any atom is -0.350 e. The maximum absolute atomic E-state index is 12.2. The zero-order valence-electron chi connectivity index (χ0n) is 14.4. The van der Waals surface area contributed by atoms with E-state index in [0.717, 1.165) is 12.1 Å². The highest BCUT2D eigenvalue weighted by Crippen LogP contribution is 2.19. The van der Waals surface area contributed by atoms with Gasteiger partial charge in [0.15, 0.2) is 0 Å². The first kappa shape index (κ1) is 16.7. The van der Waals surface area contributed by atoms with Gasteiger partial charge >= 0.3 is 0 Å². The molecule has 1 aromatic carbocycles. The van der Waals surface area contributed by atoms with E-state index >= 15 is 0 Å². The van der Waals surface area contributed by atoms with E-state index in [-0.39, 0.29) is 11.7 Å². The van der Waals surface area contributed by atoms with Crippen LogP contribution in [-0.4, -0.2) is 42.1 Å². The number of aryl methyl sites for hydroxylation is 1. The van der Waals surface area contributed by atoms with Crippen LogP contribution in [0.25, 0.3) is 11.3 Å². The van der Waals surface area contributed by atoms with Crippen molar-refractivity contribution in [2.45, 2.75) is 26.7 Å². The molecule has 2 aromatic rings. The molecule has 1 amide bonds. The average Bonchev–Trinajstić information content (AvgIpc) is 3.25. The summed E-state index contributed by atoms with van der Waals surface area (Å²) in [5, 5.41) is 6.95. The molecule has 128 valence electrons. The molecule has 3 rings (SSSR count). The fourth-order valence-electron chi connectivity index (χ4n) is 3.07. The van der Waals surface area contributed by atoms with E-state index in [2.05, 4.69) is 22.3 Å². The van der Waals surface area contributed by atoms with Gasteiger partial charge in [-0.25, -0.2) is 0 Å². The number of hydrogen-bond acceptors (Lipinski definition) is 4. The highest BCUT2D eigenvalue weighted by atomic mass is 16.5. The smallest absolute Gasteiger partial charge is 0.289 e. The summed E-state index contributed by atoms with van der Waals surface area (Å²) in [4.78, 5) is 14.7. The second-order valence-corrected chi connectivity index (χ2v) is 6.77. The topological polar surface area (TPSA) is 58.4 Å². The lowest BCUT2D eigenvalue weighted by Crippen LogP contribution is -2.34. The lowest BCUT2D eigenvalue weighted by Gasteiger charge is -2.20. The van der Waals surface area contributed by atoms with Gasteiger partial charge in [-0.3, -0.25) is 4.79 Å². The predicted octanol–water partition coefficient (Wildman–Crippen LogP) is 3.11. The Morgan fingerprint density at radius 1 is 1.29 bits per heavy atom. The molecule has 24 heavy (non-hydrogen) atoms. The van der Waals surface area contributed by atoms with Crippen molar-refractivity contribution in [2.75, 3.05) is 26.2 Å². The largest absolute Gasteiger partial charge is 0.350 e. The van der Waals surface area contributed by atoms with E-state index in [4.69, 9.17) is 4.52 Å². The number of carbonyl (C=O) groups is 1. The fourth-order valence-corrected chi connectivity index (χ4v) is 3.07. The van der Waals surface area contributed by atoms with E-state index < -0.39 is 0 Å². The maximum atomic E-state index is 12.2. The zero-order chi connectivity index (χ0) is 16.9. The van der Waals surface area contributed by atoms with Gasteiger partial charge < -0.3 is 14.7 Å². The molecular formula is C19H25N3O2. The summed E-state index contributed by atoms with van der Waals surface area (Å²) in [7, 11) is 0. The number of amides is 1. The fraction of sp³-hybridized carbons (Fsp3) is 0.474. The minimum absolute atomic E-state index is 0.200. The van der Waals surface area contributed by atoms with Crippen LogP contribution in [0.5, 0.6) is 0 Å². The molecule has 1 atom stereocenters. The number of carbonyl (C=O) groups excluding carboxylic acids is 1. The summed E-state index contributed by atoms with van der Waals surface area (Å²) in [6.45, 7) is 8.24. The number of benzene rings is 1. The number of nitrogens with zero attached hydrogens (tertiary/aromatic N) is 2. The van der Waals surface area contributed by atoms with Crippen LogP contribution >= 0.6 is 0 Å². The Morgan fingerprint density at radius 3 is 2.71 bits per heavy atom. The summed E-state index contributed by atoms with van der Waals surface area (Å²) in [5.74, 6) is 0.486. The molecule has 1 saturated heterocycles. The molecule has 1 aliphatic rings. The molecule has 0 aliphatic carbocycles. The Hall–Kier alpha value is -2.14. The third-order valence-electron chi connectivity index (χ3n) is 4.46. The van der Waals surface area contributed by atoms with Crippen LogP contribution in [-0.2, 0) is 0 Å². The zero-order valence-corrected chi connectivity index (χ0v) is 14.4. The Labute approximate surface area is 143 Å². The molecule has 1 fully saturated rings. The summed E-state index contributed by atoms with van der Waals surface area (Å²) in [6, 6.07) is 9.69. The van der Waals surface area contributed by atoms with E-state index in [1.54, 1.807) is 6.07 Å². The first-order valence-electron chi connectivity index (χ1n) is 8.66. The number of nitrogens with one attached hydrogen (secondary N) is 1. The van der Waals surface area contributed by atoms with Crippen molar-refractivity contribution >= 4 is 5.91 Å². The van der Waals surface area contributed by atoms with Gasteiger partial charge in [-0.05, 0) is 38.8 Å². The number of rotatable bonds is 6. The Balaban J connectivity index is 1.52. The molecule has 1 N–H and O–H groups in total. The normalized spacial score (nSPS) is 16.2. The predicted molar refractivity (Wildman–Crippen MR) is 93.8 cm³/mol. The molecule has 0 radical (unpaired) electrons. The molecule has 5 nitrogen and oxygen atoms in total. The van der Waals surface area contributed by atoms with Gasteiger partial charge in [0.25, 0.3) is 5.91 Å². The van der Waals surface area contributed by atoms with Gasteiger partial charge in [0.1, 0.15) is 5.69 Å². The molecule has 0 bridgehead atoms. The van der Waals surface area contributed by atoms with E-state index in [1.807, 2.05) is 31.2 Å². The molecule has 0 saturated carbocycles. The van der Waals surface area contributed by atoms with Gasteiger partial charge in [0.05, 0.1) is 0 Å². The van der Waals surface area contributed by atoms with Crippen LogP contribution in [0.2, 0.25) is 0 Å². The molecular weight excluding hydrogens is 302 g/mol. The van der Waals surface area contributed by atoms with Crippen LogP contribution in [0.3, 0.4) is 0 Å². The third kappa shape index (κ3) is 4.23. The SMILES string of the molecule is Cc1ccc(-c2cc(C(=O)NCC(C)CN3CCCC3)on2)cc1. The van der Waals surface area contributed by atoms with Gasteiger partial charge in [-0.2, -0.15) is 0 Å². The number of likely N-dealkylation sites (tertiary alicyclic amines) is 1. The number of aromatic nitrogens is 1. The summed E-state index contributed by atoms with van der Waals surface area (Å²) < 4.78 is 5.20. The van der Waals surface area contributed by atoms with Crippen molar-refractivity contribution in [3.05, 3.63) is 41.7 Å². The monoisotopic (exact) mass is 327 g/mol. The van der Waals surface area contributed by atoms with Crippen LogP contribution in [0.1, 0.15) is 35.9 Å². The lowest BCUT2D eigenvalue weighted by atomic mass is 10.1. The minimum atomic E-state index is -0.200. The highest BCUT2D eigenvalue weighted by molar-refractivity contribution is 5.92. The van der Waals surface area contributed by atoms with Crippen molar-refractivity contribution in [1.82, 2.24) is 15.4 Å². The molecule has 2 heterocycles. The van der Waals surface area contributed by atoms with Crippen molar-refractivity contribution in [3.63, 3.8) is 0 Å². The Bertz CT molecular complexity index is 672.